The third-order valence-corrected chi connectivity index (χ3v) is 5.94. The predicted molar refractivity (Wildman–Crippen MR) is 95.0 cm³/mol. The highest BCUT2D eigenvalue weighted by Gasteiger charge is 2.22. The Morgan fingerprint density at radius 1 is 1.10 bits per heavy atom. The van der Waals surface area contributed by atoms with E-state index >= 15 is 0 Å². The van der Waals surface area contributed by atoms with Gasteiger partial charge in [0.25, 0.3) is 10.0 Å². The zero-order valence-electron chi connectivity index (χ0n) is 12.1. The van der Waals surface area contributed by atoms with Crippen LogP contribution >= 0.6 is 22.6 Å². The van der Waals surface area contributed by atoms with Crippen molar-refractivity contribution >= 4 is 44.0 Å². The molecule has 3 N–H and O–H groups in total. The van der Waals surface area contributed by atoms with E-state index in [0.29, 0.717) is 22.5 Å². The maximum absolute atomic E-state index is 12.7. The number of nitrogens with two attached hydrogens (primary N) is 1. The number of nitrogens with one attached hydrogen (secondary N) is 1. The second-order valence-electron chi connectivity index (χ2n) is 4.96. The van der Waals surface area contributed by atoms with Gasteiger partial charge in [-0.05, 0) is 72.2 Å². The van der Waals surface area contributed by atoms with E-state index in [4.69, 9.17) is 5.73 Å². The smallest absolute Gasteiger partial charge is 0.262 e. The Balaban J connectivity index is 2.56. The molecule has 0 atom stereocenters. The summed E-state index contributed by atoms with van der Waals surface area (Å²) in [7, 11) is -3.67. The van der Waals surface area contributed by atoms with Crippen LogP contribution in [0.4, 0.5) is 11.4 Å². The number of anilines is 2. The second-order valence-corrected chi connectivity index (χ2v) is 7.74. The number of hydrogen-bond donors (Lipinski definition) is 2. The fourth-order valence-corrected chi connectivity index (χ4v) is 4.61. The van der Waals surface area contributed by atoms with Crippen molar-refractivity contribution in [1.29, 1.82) is 0 Å². The van der Waals surface area contributed by atoms with Crippen molar-refractivity contribution in [3.05, 3.63) is 50.6 Å². The molecule has 0 aliphatic carbocycles. The van der Waals surface area contributed by atoms with Crippen molar-refractivity contribution in [2.45, 2.75) is 25.7 Å². The number of rotatable bonds is 3. The van der Waals surface area contributed by atoms with Crippen molar-refractivity contribution in [3.8, 4) is 0 Å². The third-order valence-electron chi connectivity index (χ3n) is 3.35. The molecule has 4 nitrogen and oxygen atoms in total. The first-order valence-corrected chi connectivity index (χ1v) is 8.94. The molecule has 0 saturated carbocycles. The van der Waals surface area contributed by atoms with Gasteiger partial charge in [-0.15, -0.1) is 0 Å². The average Bonchev–Trinajstić information content (AvgIpc) is 2.38. The largest absolute Gasteiger partial charge is 0.398 e. The van der Waals surface area contributed by atoms with Crippen LogP contribution in [-0.4, -0.2) is 8.42 Å². The van der Waals surface area contributed by atoms with E-state index < -0.39 is 10.0 Å². The standard InChI is InChI=1S/C15H17IN2O2S/c1-9-8-10(2)15(11(3)14(9)17)21(19,20)18-13-7-5-4-6-12(13)16/h4-8,18H,17H2,1-3H3. The molecule has 0 radical (unpaired) electrons. The van der Waals surface area contributed by atoms with Crippen molar-refractivity contribution in [1.82, 2.24) is 0 Å². The first kappa shape index (κ1) is 16.1. The minimum Gasteiger partial charge on any atom is -0.398 e. The lowest BCUT2D eigenvalue weighted by Gasteiger charge is -2.16. The van der Waals surface area contributed by atoms with Crippen LogP contribution in [0.1, 0.15) is 16.7 Å². The fourth-order valence-electron chi connectivity index (χ4n) is 2.34. The van der Waals surface area contributed by atoms with Crippen LogP contribution in [0, 0.1) is 24.3 Å². The topological polar surface area (TPSA) is 72.2 Å². The van der Waals surface area contributed by atoms with Gasteiger partial charge in [-0.2, -0.15) is 0 Å². The van der Waals surface area contributed by atoms with Crippen LogP contribution < -0.4 is 10.5 Å². The van der Waals surface area contributed by atoms with Gasteiger partial charge in [0.1, 0.15) is 0 Å². The number of sulfonamides is 1. The van der Waals surface area contributed by atoms with Gasteiger partial charge in [0, 0.05) is 9.26 Å². The molecule has 0 amide bonds. The quantitative estimate of drug-likeness (QED) is 0.593. The van der Waals surface area contributed by atoms with Gasteiger partial charge in [-0.25, -0.2) is 8.42 Å². The van der Waals surface area contributed by atoms with Crippen LogP contribution in [0.15, 0.2) is 35.2 Å². The minimum absolute atomic E-state index is 0.255. The molecule has 0 bridgehead atoms. The summed E-state index contributed by atoms with van der Waals surface area (Å²) in [6, 6.07) is 9.04. The van der Waals surface area contributed by atoms with Crippen LogP contribution in [0.2, 0.25) is 0 Å². The summed E-state index contributed by atoms with van der Waals surface area (Å²) >= 11 is 2.10. The predicted octanol–water partition coefficient (Wildman–Crippen LogP) is 3.60. The Kier molecular flexibility index (Phi) is 4.48. The molecule has 0 aliphatic rings. The Hall–Kier alpha value is -1.28. The molecule has 6 heteroatoms. The maximum atomic E-state index is 12.7. The van der Waals surface area contributed by atoms with Crippen molar-refractivity contribution in [3.63, 3.8) is 0 Å². The van der Waals surface area contributed by atoms with E-state index in [1.807, 2.05) is 19.1 Å². The van der Waals surface area contributed by atoms with Gasteiger partial charge >= 0.3 is 0 Å². The maximum Gasteiger partial charge on any atom is 0.262 e. The number of nitrogen functional groups attached to an aromatic ring is 1. The summed E-state index contributed by atoms with van der Waals surface area (Å²) in [4.78, 5) is 0.255. The van der Waals surface area contributed by atoms with Gasteiger partial charge < -0.3 is 5.73 Å². The van der Waals surface area contributed by atoms with Gasteiger partial charge in [-0.1, -0.05) is 18.2 Å². The molecule has 2 rings (SSSR count). The first-order valence-electron chi connectivity index (χ1n) is 6.37. The Morgan fingerprint density at radius 2 is 1.71 bits per heavy atom. The van der Waals surface area contributed by atoms with Crippen molar-refractivity contribution in [2.24, 2.45) is 0 Å². The van der Waals surface area contributed by atoms with E-state index in [1.165, 1.54) is 0 Å². The monoisotopic (exact) mass is 416 g/mol. The van der Waals surface area contributed by atoms with Crippen LogP contribution in [-0.2, 0) is 10.0 Å². The van der Waals surface area contributed by atoms with Crippen LogP contribution in [0.3, 0.4) is 0 Å². The average molecular weight is 416 g/mol. The van der Waals surface area contributed by atoms with Crippen LogP contribution in [0.5, 0.6) is 0 Å². The van der Waals surface area contributed by atoms with Gasteiger partial charge in [-0.3, -0.25) is 4.72 Å². The molecular formula is C15H17IN2O2S. The summed E-state index contributed by atoms with van der Waals surface area (Å²) in [5.41, 5.74) is 9.23. The third kappa shape index (κ3) is 3.16. The number of para-hydroxylation sites is 1. The normalized spacial score (nSPS) is 11.4. The summed E-state index contributed by atoms with van der Waals surface area (Å²) in [5, 5.41) is 0. The Morgan fingerprint density at radius 3 is 2.33 bits per heavy atom. The number of benzene rings is 2. The lowest BCUT2D eigenvalue weighted by atomic mass is 10.1. The molecule has 0 aliphatic heterocycles. The number of halogens is 1. The highest BCUT2D eigenvalue weighted by molar-refractivity contribution is 14.1. The van der Waals surface area contributed by atoms with Crippen molar-refractivity contribution < 1.29 is 8.42 Å². The molecular weight excluding hydrogens is 399 g/mol. The van der Waals surface area contributed by atoms with E-state index in [-0.39, 0.29) is 4.90 Å². The van der Waals surface area contributed by atoms with E-state index in [9.17, 15) is 8.42 Å². The molecule has 2 aromatic rings. The lowest BCUT2D eigenvalue weighted by molar-refractivity contribution is 0.600. The molecule has 0 unspecified atom stereocenters. The molecule has 0 heterocycles. The van der Waals surface area contributed by atoms with Crippen molar-refractivity contribution in [2.75, 3.05) is 10.5 Å². The Labute approximate surface area is 138 Å². The number of hydrogen-bond acceptors (Lipinski definition) is 3. The molecule has 0 saturated heterocycles. The molecule has 0 aromatic heterocycles. The van der Waals surface area contributed by atoms with E-state index in [0.717, 1.165) is 9.13 Å². The van der Waals surface area contributed by atoms with E-state index in [1.54, 1.807) is 32.0 Å². The lowest BCUT2D eigenvalue weighted by Crippen LogP contribution is -2.17. The zero-order chi connectivity index (χ0) is 15.8. The minimum atomic E-state index is -3.67. The fraction of sp³-hybridized carbons (Fsp3) is 0.200. The summed E-state index contributed by atoms with van der Waals surface area (Å²) in [5.74, 6) is 0. The Bertz CT molecular complexity index is 802. The molecule has 112 valence electrons. The molecule has 21 heavy (non-hydrogen) atoms. The first-order chi connectivity index (χ1) is 9.74. The number of aryl methyl sites for hydroxylation is 2. The van der Waals surface area contributed by atoms with Gasteiger partial charge in [0.2, 0.25) is 0 Å². The molecule has 0 fully saturated rings. The van der Waals surface area contributed by atoms with E-state index in [2.05, 4.69) is 27.3 Å². The van der Waals surface area contributed by atoms with Crippen LogP contribution in [0.25, 0.3) is 0 Å². The summed E-state index contributed by atoms with van der Waals surface area (Å²) in [6.07, 6.45) is 0. The van der Waals surface area contributed by atoms with Gasteiger partial charge in [0.15, 0.2) is 0 Å². The second kappa shape index (κ2) is 5.84. The molecule has 2 aromatic carbocycles. The highest BCUT2D eigenvalue weighted by atomic mass is 127. The summed E-state index contributed by atoms with van der Waals surface area (Å²) < 4.78 is 28.9. The summed E-state index contributed by atoms with van der Waals surface area (Å²) in [6.45, 7) is 5.39. The SMILES string of the molecule is Cc1cc(C)c(S(=O)(=O)Nc2ccccc2I)c(C)c1N. The molecule has 0 spiro atoms. The zero-order valence-corrected chi connectivity index (χ0v) is 15.0. The highest BCUT2D eigenvalue weighted by Crippen LogP contribution is 2.30. The van der Waals surface area contributed by atoms with Gasteiger partial charge in [0.05, 0.1) is 10.6 Å².